The topological polar surface area (TPSA) is 3.24 Å². The minimum atomic E-state index is 0.172. The predicted octanol–water partition coefficient (Wildman–Crippen LogP) is 7.08. The Morgan fingerprint density at radius 3 is 2.44 bits per heavy atom. The molecule has 0 aliphatic heterocycles. The maximum Gasteiger partial charge on any atom is 0.0519 e. The van der Waals surface area contributed by atoms with Crippen LogP contribution in [0.1, 0.15) is 52.9 Å². The molecule has 0 spiro atoms. The fraction of sp³-hybridized carbons (Fsp3) is 0.478. The summed E-state index contributed by atoms with van der Waals surface area (Å²) in [7, 11) is 0. The van der Waals surface area contributed by atoms with Crippen LogP contribution in [-0.2, 0) is 0 Å². The van der Waals surface area contributed by atoms with Gasteiger partial charge in [-0.25, -0.2) is 4.31 Å². The first-order valence-electron chi connectivity index (χ1n) is 9.62. The first-order valence-corrected chi connectivity index (χ1v) is 10.4. The van der Waals surface area contributed by atoms with Gasteiger partial charge < -0.3 is 0 Å². The van der Waals surface area contributed by atoms with E-state index in [4.69, 9.17) is 0 Å². The summed E-state index contributed by atoms with van der Waals surface area (Å²) in [4.78, 5) is 1.34. The molecule has 0 aromatic heterocycles. The molecule has 0 radical (unpaired) electrons. The van der Waals surface area contributed by atoms with Crippen LogP contribution in [0, 0.1) is 5.92 Å². The highest BCUT2D eigenvalue weighted by molar-refractivity contribution is 7.97. The second-order valence-electron chi connectivity index (χ2n) is 7.90. The second-order valence-corrected chi connectivity index (χ2v) is 9.00. The molecule has 2 aromatic carbocycles. The van der Waals surface area contributed by atoms with Crippen LogP contribution in [-0.4, -0.2) is 16.4 Å². The zero-order valence-corrected chi connectivity index (χ0v) is 16.7. The number of hydrogen-bond donors (Lipinski definition) is 0. The molecule has 0 amide bonds. The minimum Gasteiger partial charge on any atom is -0.236 e. The van der Waals surface area contributed by atoms with Crippen LogP contribution < -0.4 is 0 Å². The van der Waals surface area contributed by atoms with Gasteiger partial charge in [0.25, 0.3) is 0 Å². The van der Waals surface area contributed by atoms with E-state index < -0.39 is 0 Å². The van der Waals surface area contributed by atoms with Gasteiger partial charge in [0.2, 0.25) is 0 Å². The Morgan fingerprint density at radius 2 is 1.80 bits per heavy atom. The van der Waals surface area contributed by atoms with Gasteiger partial charge in [0.15, 0.2) is 0 Å². The SMILES string of the molecule is C=C(C)C1(N(CCC(C)C)Sc2ccc3ccccc3c2)CCCC1. The van der Waals surface area contributed by atoms with E-state index in [1.807, 2.05) is 11.9 Å². The molecule has 3 rings (SSSR count). The van der Waals surface area contributed by atoms with Gasteiger partial charge >= 0.3 is 0 Å². The summed E-state index contributed by atoms with van der Waals surface area (Å²) in [6, 6.07) is 15.5. The van der Waals surface area contributed by atoms with Gasteiger partial charge in [-0.05, 0) is 67.0 Å². The third kappa shape index (κ3) is 4.12. The quantitative estimate of drug-likeness (QED) is 0.386. The van der Waals surface area contributed by atoms with Gasteiger partial charge in [-0.2, -0.15) is 0 Å². The highest BCUT2D eigenvalue weighted by Crippen LogP contribution is 2.45. The maximum absolute atomic E-state index is 4.39. The fourth-order valence-corrected chi connectivity index (χ4v) is 5.20. The predicted molar refractivity (Wildman–Crippen MR) is 112 cm³/mol. The van der Waals surface area contributed by atoms with E-state index in [0.29, 0.717) is 0 Å². The molecule has 0 bridgehead atoms. The van der Waals surface area contributed by atoms with Crippen LogP contribution in [0.15, 0.2) is 59.5 Å². The lowest BCUT2D eigenvalue weighted by molar-refractivity contribution is 0.241. The van der Waals surface area contributed by atoms with E-state index in [1.54, 1.807) is 0 Å². The molecule has 2 heteroatoms. The normalized spacial score (nSPS) is 16.8. The summed E-state index contributed by atoms with van der Waals surface area (Å²) in [5.74, 6) is 0.725. The lowest BCUT2D eigenvalue weighted by Crippen LogP contribution is -2.44. The lowest BCUT2D eigenvalue weighted by atomic mass is 9.89. The van der Waals surface area contributed by atoms with Gasteiger partial charge in [0.1, 0.15) is 0 Å². The molecular formula is C23H31NS. The maximum atomic E-state index is 4.39. The van der Waals surface area contributed by atoms with Crippen molar-refractivity contribution in [2.45, 2.75) is 63.3 Å². The Morgan fingerprint density at radius 1 is 1.12 bits per heavy atom. The summed E-state index contributed by atoms with van der Waals surface area (Å²) in [6.07, 6.45) is 6.38. The van der Waals surface area contributed by atoms with Gasteiger partial charge in [0.05, 0.1) is 5.54 Å². The molecular weight excluding hydrogens is 322 g/mol. The van der Waals surface area contributed by atoms with Crippen molar-refractivity contribution in [1.82, 2.24) is 4.31 Å². The van der Waals surface area contributed by atoms with Crippen molar-refractivity contribution >= 4 is 22.7 Å². The summed E-state index contributed by atoms with van der Waals surface area (Å²) in [5, 5.41) is 2.64. The van der Waals surface area contributed by atoms with Crippen LogP contribution in [0.3, 0.4) is 0 Å². The average Bonchev–Trinajstić information content (AvgIpc) is 3.09. The molecule has 1 saturated carbocycles. The lowest BCUT2D eigenvalue weighted by Gasteiger charge is -2.41. The first-order chi connectivity index (χ1) is 12.0. The molecule has 25 heavy (non-hydrogen) atoms. The molecule has 1 fully saturated rings. The van der Waals surface area contributed by atoms with E-state index in [-0.39, 0.29) is 5.54 Å². The molecule has 0 saturated heterocycles. The van der Waals surface area contributed by atoms with Gasteiger partial charge in [-0.1, -0.05) is 69.2 Å². The minimum absolute atomic E-state index is 0.172. The number of rotatable bonds is 7. The van der Waals surface area contributed by atoms with Crippen LogP contribution in [0.5, 0.6) is 0 Å². The number of benzene rings is 2. The Hall–Kier alpha value is -1.25. The molecule has 0 N–H and O–H groups in total. The van der Waals surface area contributed by atoms with E-state index in [1.165, 1.54) is 53.3 Å². The Kier molecular flexibility index (Phi) is 5.91. The summed E-state index contributed by atoms with van der Waals surface area (Å²) < 4.78 is 2.66. The summed E-state index contributed by atoms with van der Waals surface area (Å²) in [5.41, 5.74) is 1.51. The van der Waals surface area contributed by atoms with Crippen LogP contribution in [0.25, 0.3) is 10.8 Å². The van der Waals surface area contributed by atoms with Crippen molar-refractivity contribution in [3.05, 3.63) is 54.6 Å². The monoisotopic (exact) mass is 353 g/mol. The van der Waals surface area contributed by atoms with Crippen LogP contribution in [0.2, 0.25) is 0 Å². The molecule has 134 valence electrons. The molecule has 1 nitrogen and oxygen atoms in total. The van der Waals surface area contributed by atoms with Crippen LogP contribution >= 0.6 is 11.9 Å². The standard InChI is InChI=1S/C23H31NS/c1-18(2)13-16-24(23(19(3)4)14-7-8-15-23)25-22-12-11-20-9-5-6-10-21(20)17-22/h5-6,9-12,17-18H,3,7-8,13-16H2,1-2,4H3. The Labute approximate surface area is 157 Å². The smallest absolute Gasteiger partial charge is 0.0519 e. The Balaban J connectivity index is 1.88. The van der Waals surface area contributed by atoms with E-state index in [2.05, 4.69) is 74.1 Å². The second kappa shape index (κ2) is 7.97. The zero-order valence-electron chi connectivity index (χ0n) is 15.9. The van der Waals surface area contributed by atoms with Crippen molar-refractivity contribution in [2.75, 3.05) is 6.54 Å². The van der Waals surface area contributed by atoms with Crippen LogP contribution in [0.4, 0.5) is 0 Å². The number of fused-ring (bicyclic) bond motifs is 1. The highest BCUT2D eigenvalue weighted by Gasteiger charge is 2.40. The van der Waals surface area contributed by atoms with Gasteiger partial charge in [-0.15, -0.1) is 0 Å². The molecule has 1 aliphatic carbocycles. The highest BCUT2D eigenvalue weighted by atomic mass is 32.2. The van der Waals surface area contributed by atoms with Crippen molar-refractivity contribution in [1.29, 1.82) is 0 Å². The summed E-state index contributed by atoms with van der Waals surface area (Å²) in [6.45, 7) is 12.4. The Bertz CT molecular complexity index is 728. The third-order valence-electron chi connectivity index (χ3n) is 5.55. The number of hydrogen-bond acceptors (Lipinski definition) is 2. The van der Waals surface area contributed by atoms with E-state index >= 15 is 0 Å². The largest absolute Gasteiger partial charge is 0.236 e. The molecule has 0 unspecified atom stereocenters. The average molecular weight is 354 g/mol. The first kappa shape index (κ1) is 18.5. The van der Waals surface area contributed by atoms with Crippen molar-refractivity contribution in [3.8, 4) is 0 Å². The molecule has 0 heterocycles. The van der Waals surface area contributed by atoms with Crippen molar-refractivity contribution in [2.24, 2.45) is 5.92 Å². The summed E-state index contributed by atoms with van der Waals surface area (Å²) >= 11 is 1.94. The number of nitrogens with zero attached hydrogens (tertiary/aromatic N) is 1. The molecule has 0 atom stereocenters. The zero-order chi connectivity index (χ0) is 17.9. The fourth-order valence-electron chi connectivity index (χ4n) is 3.92. The molecule has 2 aromatic rings. The van der Waals surface area contributed by atoms with Gasteiger partial charge in [-0.3, -0.25) is 0 Å². The van der Waals surface area contributed by atoms with Crippen molar-refractivity contribution in [3.63, 3.8) is 0 Å². The van der Waals surface area contributed by atoms with Crippen molar-refractivity contribution < 1.29 is 0 Å². The van der Waals surface area contributed by atoms with E-state index in [0.717, 1.165) is 12.5 Å². The third-order valence-corrected chi connectivity index (χ3v) is 6.77. The van der Waals surface area contributed by atoms with E-state index in [9.17, 15) is 0 Å². The molecule has 1 aliphatic rings. The van der Waals surface area contributed by atoms with Gasteiger partial charge in [0, 0.05) is 11.4 Å².